The Morgan fingerprint density at radius 2 is 1.78 bits per heavy atom. The molecule has 3 aromatic rings. The smallest absolute Gasteiger partial charge is 0.291 e. The first-order valence-electron chi connectivity index (χ1n) is 8.92. The van der Waals surface area contributed by atoms with Gasteiger partial charge in [-0.15, -0.1) is 0 Å². The molecule has 4 nitrogen and oxygen atoms in total. The number of Topliss-reactive ketones (excluding diaryl/α,β-unsaturated/α-hetero) is 1. The van der Waals surface area contributed by atoms with E-state index < -0.39 is 0 Å². The summed E-state index contributed by atoms with van der Waals surface area (Å²) in [4.78, 5) is 27.0. The number of nitrogens with one attached hydrogen (secondary N) is 1. The summed E-state index contributed by atoms with van der Waals surface area (Å²) in [6, 6.07) is 17.7. The van der Waals surface area contributed by atoms with Gasteiger partial charge in [0.05, 0.1) is 11.3 Å². The Morgan fingerprint density at radius 1 is 1.04 bits per heavy atom. The molecule has 0 unspecified atom stereocenters. The zero-order valence-electron chi connectivity index (χ0n) is 15.0. The van der Waals surface area contributed by atoms with Crippen molar-refractivity contribution in [3.63, 3.8) is 0 Å². The van der Waals surface area contributed by atoms with Gasteiger partial charge in [-0.05, 0) is 37.6 Å². The van der Waals surface area contributed by atoms with Gasteiger partial charge < -0.3 is 9.73 Å². The number of rotatable bonds is 4. The Kier molecular flexibility index (Phi) is 4.86. The number of furan rings is 1. The molecule has 0 spiro atoms. The highest BCUT2D eigenvalue weighted by atomic mass is 32.2. The van der Waals surface area contributed by atoms with Crippen LogP contribution in [0.3, 0.4) is 0 Å². The average molecular weight is 377 g/mol. The van der Waals surface area contributed by atoms with E-state index in [0.29, 0.717) is 29.7 Å². The van der Waals surface area contributed by atoms with Crippen molar-refractivity contribution in [2.75, 3.05) is 5.32 Å². The Morgan fingerprint density at radius 3 is 2.56 bits per heavy atom. The van der Waals surface area contributed by atoms with Crippen molar-refractivity contribution in [3.8, 4) is 0 Å². The molecule has 4 rings (SSSR count). The third-order valence-corrected chi connectivity index (χ3v) is 5.70. The number of anilines is 1. The molecule has 1 N–H and O–H groups in total. The zero-order chi connectivity index (χ0) is 18.8. The van der Waals surface area contributed by atoms with Crippen molar-refractivity contribution >= 4 is 29.1 Å². The third kappa shape index (κ3) is 3.55. The number of carbonyl (C=O) groups excluding carboxylic acids is 2. The number of para-hydroxylation sites is 1. The highest BCUT2D eigenvalue weighted by Crippen LogP contribution is 2.34. The van der Waals surface area contributed by atoms with Crippen LogP contribution in [0.4, 0.5) is 5.69 Å². The number of hydrogen-bond acceptors (Lipinski definition) is 4. The van der Waals surface area contributed by atoms with E-state index in [1.165, 1.54) is 0 Å². The molecular formula is C22H19NO3S. The first-order valence-corrected chi connectivity index (χ1v) is 9.74. The zero-order valence-corrected chi connectivity index (χ0v) is 15.8. The third-order valence-electron chi connectivity index (χ3n) is 4.62. The fourth-order valence-electron chi connectivity index (χ4n) is 3.32. The maximum atomic E-state index is 12.8. The lowest BCUT2D eigenvalue weighted by atomic mass is 9.94. The van der Waals surface area contributed by atoms with Gasteiger partial charge in [0.2, 0.25) is 0 Å². The molecule has 0 fully saturated rings. The van der Waals surface area contributed by atoms with E-state index in [-0.39, 0.29) is 17.5 Å². The predicted octanol–water partition coefficient (Wildman–Crippen LogP) is 5.51. The van der Waals surface area contributed by atoms with Crippen molar-refractivity contribution < 1.29 is 14.0 Å². The van der Waals surface area contributed by atoms with E-state index in [1.54, 1.807) is 18.7 Å². The summed E-state index contributed by atoms with van der Waals surface area (Å²) in [6.45, 7) is 1.78. The Labute approximate surface area is 162 Å². The maximum absolute atomic E-state index is 12.8. The van der Waals surface area contributed by atoms with Crippen LogP contribution in [-0.4, -0.2) is 11.7 Å². The minimum atomic E-state index is -0.323. The average Bonchev–Trinajstić information content (AvgIpc) is 3.02. The van der Waals surface area contributed by atoms with E-state index in [4.69, 9.17) is 4.42 Å². The number of aryl methyl sites for hydroxylation is 1. The summed E-state index contributed by atoms with van der Waals surface area (Å²) in [5, 5.41) is 2.95. The van der Waals surface area contributed by atoms with E-state index in [9.17, 15) is 9.59 Å². The van der Waals surface area contributed by atoms with Crippen molar-refractivity contribution in [2.45, 2.75) is 36.0 Å². The Hall–Kier alpha value is -2.79. The van der Waals surface area contributed by atoms with Gasteiger partial charge in [-0.1, -0.05) is 42.1 Å². The molecule has 1 aliphatic carbocycles. The second-order valence-corrected chi connectivity index (χ2v) is 7.61. The highest BCUT2D eigenvalue weighted by Gasteiger charge is 2.29. The van der Waals surface area contributed by atoms with Crippen LogP contribution in [-0.2, 0) is 6.42 Å². The Bertz CT molecular complexity index is 1010. The topological polar surface area (TPSA) is 59.3 Å². The number of hydrogen-bond donors (Lipinski definition) is 1. The molecule has 2 aromatic carbocycles. The summed E-state index contributed by atoms with van der Waals surface area (Å²) in [5.41, 5.74) is 1.95. The molecule has 1 amide bonds. The molecule has 0 aliphatic heterocycles. The molecule has 1 aromatic heterocycles. The van der Waals surface area contributed by atoms with Crippen molar-refractivity contribution in [1.82, 2.24) is 0 Å². The molecule has 1 aliphatic rings. The second-order valence-electron chi connectivity index (χ2n) is 6.50. The molecule has 0 radical (unpaired) electrons. The summed E-state index contributed by atoms with van der Waals surface area (Å²) in [7, 11) is 0. The van der Waals surface area contributed by atoms with Crippen LogP contribution in [0.2, 0.25) is 0 Å². The standard InChI is InChI=1S/C22H19NO3S/c1-14-20-17(24)11-7-12-18(20)26-21(14)22(25)23-16-10-5-6-13-19(16)27-15-8-3-2-4-9-15/h2-6,8-10,13H,7,11-12H2,1H3,(H,23,25). The monoisotopic (exact) mass is 377 g/mol. The summed E-state index contributed by atoms with van der Waals surface area (Å²) < 4.78 is 5.76. The molecule has 1 heterocycles. The molecule has 0 saturated carbocycles. The number of benzene rings is 2. The van der Waals surface area contributed by atoms with Crippen molar-refractivity contribution in [3.05, 3.63) is 77.2 Å². The van der Waals surface area contributed by atoms with Gasteiger partial charge in [0.25, 0.3) is 5.91 Å². The van der Waals surface area contributed by atoms with E-state index in [2.05, 4.69) is 5.32 Å². The Balaban J connectivity index is 1.60. The predicted molar refractivity (Wildman–Crippen MR) is 106 cm³/mol. The minimum absolute atomic E-state index is 0.0663. The molecule has 0 atom stereocenters. The van der Waals surface area contributed by atoms with Gasteiger partial charge in [-0.2, -0.15) is 0 Å². The van der Waals surface area contributed by atoms with Crippen molar-refractivity contribution in [1.29, 1.82) is 0 Å². The quantitative estimate of drug-likeness (QED) is 0.651. The fraction of sp³-hybridized carbons (Fsp3) is 0.182. The van der Waals surface area contributed by atoms with Crippen LogP contribution >= 0.6 is 11.8 Å². The minimum Gasteiger partial charge on any atom is -0.455 e. The van der Waals surface area contributed by atoms with Gasteiger partial charge in [0, 0.05) is 28.2 Å². The lowest BCUT2D eigenvalue weighted by molar-refractivity contribution is 0.0963. The SMILES string of the molecule is Cc1c(C(=O)Nc2ccccc2Sc2ccccc2)oc2c1C(=O)CCC2. The fourth-order valence-corrected chi connectivity index (χ4v) is 4.24. The molecule has 0 bridgehead atoms. The van der Waals surface area contributed by atoms with Crippen LogP contribution in [0.25, 0.3) is 0 Å². The van der Waals surface area contributed by atoms with E-state index >= 15 is 0 Å². The number of fused-ring (bicyclic) bond motifs is 1. The summed E-state index contributed by atoms with van der Waals surface area (Å²) >= 11 is 1.58. The van der Waals surface area contributed by atoms with E-state index in [0.717, 1.165) is 21.9 Å². The van der Waals surface area contributed by atoms with Gasteiger partial charge in [-0.25, -0.2) is 0 Å². The highest BCUT2D eigenvalue weighted by molar-refractivity contribution is 7.99. The van der Waals surface area contributed by atoms with E-state index in [1.807, 2.05) is 54.6 Å². The molecular weight excluding hydrogens is 358 g/mol. The van der Waals surface area contributed by atoms with Crippen LogP contribution in [0, 0.1) is 6.92 Å². The lowest BCUT2D eigenvalue weighted by Crippen LogP contribution is -2.13. The number of amides is 1. The van der Waals surface area contributed by atoms with Gasteiger partial charge in [0.15, 0.2) is 11.5 Å². The summed E-state index contributed by atoms with van der Waals surface area (Å²) in [5.74, 6) is 0.614. The van der Waals surface area contributed by atoms with Crippen LogP contribution in [0.1, 0.15) is 45.1 Å². The van der Waals surface area contributed by atoms with Crippen LogP contribution in [0.5, 0.6) is 0 Å². The lowest BCUT2D eigenvalue weighted by Gasteiger charge is -2.10. The van der Waals surface area contributed by atoms with Gasteiger partial charge >= 0.3 is 0 Å². The molecule has 5 heteroatoms. The molecule has 136 valence electrons. The molecule has 0 saturated heterocycles. The van der Waals surface area contributed by atoms with Crippen molar-refractivity contribution in [2.24, 2.45) is 0 Å². The first-order chi connectivity index (χ1) is 13.1. The van der Waals surface area contributed by atoms with Gasteiger partial charge in [-0.3, -0.25) is 9.59 Å². The largest absolute Gasteiger partial charge is 0.455 e. The normalized spacial score (nSPS) is 13.3. The number of carbonyl (C=O) groups is 2. The first kappa shape index (κ1) is 17.6. The van der Waals surface area contributed by atoms with Gasteiger partial charge in [0.1, 0.15) is 5.76 Å². The van der Waals surface area contributed by atoms with Crippen LogP contribution in [0.15, 0.2) is 68.8 Å². The van der Waals surface area contributed by atoms with Crippen LogP contribution < -0.4 is 5.32 Å². The maximum Gasteiger partial charge on any atom is 0.291 e. The summed E-state index contributed by atoms with van der Waals surface area (Å²) in [6.07, 6.45) is 2.00. The molecule has 27 heavy (non-hydrogen) atoms. The number of ketones is 1. The second kappa shape index (κ2) is 7.45.